The average molecular weight is 583 g/mol. The molecule has 42 heavy (non-hydrogen) atoms. The van der Waals surface area contributed by atoms with E-state index in [1.54, 1.807) is 6.20 Å². The maximum Gasteiger partial charge on any atom is 0.261 e. The summed E-state index contributed by atoms with van der Waals surface area (Å²) in [6.07, 6.45) is 9.47. The van der Waals surface area contributed by atoms with Gasteiger partial charge in [0, 0.05) is 29.4 Å². The summed E-state index contributed by atoms with van der Waals surface area (Å²) < 4.78 is 0. The van der Waals surface area contributed by atoms with E-state index in [-0.39, 0.29) is 23.2 Å². The minimum Gasteiger partial charge on any atom is -0.493 e. The molecule has 0 saturated carbocycles. The summed E-state index contributed by atoms with van der Waals surface area (Å²) in [5.41, 5.74) is 5.50. The standard InChI is InChI=1S/C35H42N4O2S/c1-35(2,3)27-13-14-29-25(21-27)20-26-22-31(42-34(26)38-29)33(41)37-30(15-19-39-17-5-4-6-18-39)24-11-9-23(10-12-24)28-8-7-16-36-32(28)40/h7-12,16,20,22,27,30H,4-6,13-15,17-19,21H2,1-3H3,(H,36,40)(H,37,41)/t27-,30+/m0/s1. The van der Waals surface area contributed by atoms with Crippen LogP contribution in [0.3, 0.4) is 0 Å². The van der Waals surface area contributed by atoms with Gasteiger partial charge in [-0.2, -0.15) is 0 Å². The Kier molecular flexibility index (Phi) is 8.33. The van der Waals surface area contributed by atoms with Crippen LogP contribution in [0.2, 0.25) is 0 Å². The number of nitrogens with one attached hydrogen (secondary N) is 1. The minimum absolute atomic E-state index is 0.0224. The van der Waals surface area contributed by atoms with Crippen molar-refractivity contribution in [3.8, 4) is 17.0 Å². The molecule has 2 N–H and O–H groups in total. The Hall–Kier alpha value is -3.29. The van der Waals surface area contributed by atoms with E-state index in [0.717, 1.165) is 60.2 Å². The smallest absolute Gasteiger partial charge is 0.261 e. The van der Waals surface area contributed by atoms with E-state index >= 15 is 0 Å². The van der Waals surface area contributed by atoms with Crippen molar-refractivity contribution in [1.29, 1.82) is 0 Å². The maximum absolute atomic E-state index is 13.7. The lowest BCUT2D eigenvalue weighted by Gasteiger charge is -2.34. The number of fused-ring (bicyclic) bond motifs is 2. The molecule has 1 aliphatic heterocycles. The fraction of sp³-hybridized carbons (Fsp3) is 0.457. The zero-order valence-electron chi connectivity index (χ0n) is 25.0. The molecule has 6 nitrogen and oxygen atoms in total. The molecule has 4 heterocycles. The van der Waals surface area contributed by atoms with Gasteiger partial charge in [0.25, 0.3) is 5.91 Å². The van der Waals surface area contributed by atoms with Gasteiger partial charge in [0.15, 0.2) is 0 Å². The van der Waals surface area contributed by atoms with Gasteiger partial charge in [-0.05, 0) is 104 Å². The summed E-state index contributed by atoms with van der Waals surface area (Å²) in [5.74, 6) is 0.634. The van der Waals surface area contributed by atoms with Gasteiger partial charge in [-0.3, -0.25) is 4.79 Å². The molecule has 2 aliphatic rings. The predicted octanol–water partition coefficient (Wildman–Crippen LogP) is 7.56. The first kappa shape index (κ1) is 28.8. The van der Waals surface area contributed by atoms with Crippen LogP contribution >= 0.6 is 11.3 Å². The van der Waals surface area contributed by atoms with E-state index in [1.807, 2.05) is 30.3 Å². The fourth-order valence-electron chi connectivity index (χ4n) is 6.54. The summed E-state index contributed by atoms with van der Waals surface area (Å²) in [6.45, 7) is 10.2. The highest BCUT2D eigenvalue weighted by molar-refractivity contribution is 7.20. The Morgan fingerprint density at radius 1 is 1.12 bits per heavy atom. The molecular weight excluding hydrogens is 540 g/mol. The van der Waals surface area contributed by atoms with Crippen LogP contribution in [0, 0.1) is 11.3 Å². The van der Waals surface area contributed by atoms with Crippen LogP contribution in [0.15, 0.2) is 54.7 Å². The number of carbonyl (C=O) groups is 1. The van der Waals surface area contributed by atoms with Crippen LogP contribution < -0.4 is 5.32 Å². The summed E-state index contributed by atoms with van der Waals surface area (Å²) in [6, 6.07) is 16.0. The van der Waals surface area contributed by atoms with Crippen molar-refractivity contribution in [2.45, 2.75) is 71.8 Å². The van der Waals surface area contributed by atoms with Crippen LogP contribution in [0.5, 0.6) is 5.88 Å². The second-order valence-corrected chi connectivity index (χ2v) is 14.1. The SMILES string of the molecule is CC(C)(C)[C@H]1CCc2nc3sc(C(=O)N[C@H](CCN4CCCCC4)c4ccc(-c5cccnc5O)cc4)cc3cc2C1. The van der Waals surface area contributed by atoms with Crippen molar-refractivity contribution >= 4 is 27.5 Å². The van der Waals surface area contributed by atoms with Crippen molar-refractivity contribution in [2.75, 3.05) is 19.6 Å². The van der Waals surface area contributed by atoms with Gasteiger partial charge in [0.05, 0.1) is 10.9 Å². The van der Waals surface area contributed by atoms with Gasteiger partial charge < -0.3 is 15.3 Å². The molecule has 7 heteroatoms. The summed E-state index contributed by atoms with van der Waals surface area (Å²) in [7, 11) is 0. The first-order valence-electron chi connectivity index (χ1n) is 15.4. The average Bonchev–Trinajstić information content (AvgIpc) is 3.41. The largest absolute Gasteiger partial charge is 0.493 e. The predicted molar refractivity (Wildman–Crippen MR) is 171 cm³/mol. The van der Waals surface area contributed by atoms with Gasteiger partial charge in [-0.25, -0.2) is 9.97 Å². The topological polar surface area (TPSA) is 78.4 Å². The Bertz CT molecular complexity index is 1550. The first-order valence-corrected chi connectivity index (χ1v) is 16.3. The van der Waals surface area contributed by atoms with Gasteiger partial charge in [0.1, 0.15) is 4.83 Å². The highest BCUT2D eigenvalue weighted by atomic mass is 32.1. The van der Waals surface area contributed by atoms with Gasteiger partial charge in [-0.1, -0.05) is 51.5 Å². The molecule has 1 aromatic carbocycles. The monoisotopic (exact) mass is 582 g/mol. The number of aryl methyl sites for hydroxylation is 1. The van der Waals surface area contributed by atoms with E-state index in [2.05, 4.69) is 54.2 Å². The molecule has 3 aromatic heterocycles. The lowest BCUT2D eigenvalue weighted by Crippen LogP contribution is -2.35. The molecular formula is C35H42N4O2S. The second-order valence-electron chi connectivity index (χ2n) is 13.1. The Morgan fingerprint density at radius 3 is 2.64 bits per heavy atom. The summed E-state index contributed by atoms with van der Waals surface area (Å²) >= 11 is 1.50. The molecule has 1 amide bonds. The number of hydrogen-bond donors (Lipinski definition) is 2. The van der Waals surface area contributed by atoms with Crippen LogP contribution in [0.4, 0.5) is 0 Å². The maximum atomic E-state index is 13.7. The Balaban J connectivity index is 1.22. The van der Waals surface area contributed by atoms with E-state index in [1.165, 1.54) is 48.3 Å². The van der Waals surface area contributed by atoms with Crippen LogP contribution in [0.25, 0.3) is 21.3 Å². The van der Waals surface area contributed by atoms with Gasteiger partial charge in [0.2, 0.25) is 5.88 Å². The lowest BCUT2D eigenvalue weighted by atomic mass is 9.71. The minimum atomic E-state index is -0.116. The number of likely N-dealkylation sites (tertiary alicyclic amines) is 1. The van der Waals surface area contributed by atoms with E-state index in [4.69, 9.17) is 4.98 Å². The van der Waals surface area contributed by atoms with E-state index < -0.39 is 0 Å². The molecule has 6 rings (SSSR count). The number of carbonyl (C=O) groups excluding carboxylic acids is 1. The van der Waals surface area contributed by atoms with E-state index in [0.29, 0.717) is 16.4 Å². The third-order valence-electron chi connectivity index (χ3n) is 9.22. The number of piperidine rings is 1. The fourth-order valence-corrected chi connectivity index (χ4v) is 7.48. The number of benzene rings is 1. The zero-order chi connectivity index (χ0) is 29.3. The molecule has 0 spiro atoms. The number of rotatable bonds is 7. The Labute approximate surface area is 253 Å². The molecule has 1 saturated heterocycles. The van der Waals surface area contributed by atoms with Crippen molar-refractivity contribution in [3.05, 3.63) is 76.4 Å². The van der Waals surface area contributed by atoms with Crippen molar-refractivity contribution < 1.29 is 9.90 Å². The molecule has 220 valence electrons. The number of nitrogens with zero attached hydrogens (tertiary/aromatic N) is 3. The molecule has 4 aromatic rings. The summed E-state index contributed by atoms with van der Waals surface area (Å²) in [4.78, 5) is 26.9. The van der Waals surface area contributed by atoms with Crippen LogP contribution in [-0.4, -0.2) is 45.5 Å². The molecule has 1 aliphatic carbocycles. The number of aromatic hydroxyl groups is 1. The van der Waals surface area contributed by atoms with Crippen molar-refractivity contribution in [1.82, 2.24) is 20.2 Å². The van der Waals surface area contributed by atoms with Gasteiger partial charge >= 0.3 is 0 Å². The highest BCUT2D eigenvalue weighted by Crippen LogP contribution is 2.38. The molecule has 0 unspecified atom stereocenters. The second kappa shape index (κ2) is 12.1. The number of thiophene rings is 1. The number of pyridine rings is 2. The lowest BCUT2D eigenvalue weighted by molar-refractivity contribution is 0.0934. The molecule has 1 fully saturated rings. The highest BCUT2D eigenvalue weighted by Gasteiger charge is 2.30. The van der Waals surface area contributed by atoms with Crippen LogP contribution in [-0.2, 0) is 12.8 Å². The Morgan fingerprint density at radius 2 is 1.90 bits per heavy atom. The molecule has 2 atom stereocenters. The van der Waals surface area contributed by atoms with Crippen LogP contribution in [0.1, 0.15) is 85.4 Å². The van der Waals surface area contributed by atoms with Crippen molar-refractivity contribution in [2.24, 2.45) is 11.3 Å². The summed E-state index contributed by atoms with van der Waals surface area (Å²) in [5, 5.41) is 14.7. The third kappa shape index (κ3) is 6.37. The van der Waals surface area contributed by atoms with Crippen molar-refractivity contribution in [3.63, 3.8) is 0 Å². The zero-order valence-corrected chi connectivity index (χ0v) is 25.8. The van der Waals surface area contributed by atoms with Gasteiger partial charge in [-0.15, -0.1) is 11.3 Å². The number of aromatic nitrogens is 2. The number of amides is 1. The normalized spacial score (nSPS) is 18.5. The molecule has 0 bridgehead atoms. The quantitative estimate of drug-likeness (QED) is 0.235. The first-order chi connectivity index (χ1) is 20.2. The molecule has 0 radical (unpaired) electrons. The number of hydrogen-bond acceptors (Lipinski definition) is 6. The van der Waals surface area contributed by atoms with E-state index in [9.17, 15) is 9.90 Å². The third-order valence-corrected chi connectivity index (χ3v) is 10.3.